The number of halogens is 4. The molecule has 0 N–H and O–H groups in total. The van der Waals surface area contributed by atoms with E-state index in [1.807, 2.05) is 13.0 Å². The van der Waals surface area contributed by atoms with Crippen LogP contribution in [0.4, 0.5) is 13.2 Å². The van der Waals surface area contributed by atoms with Crippen LogP contribution in [0.25, 0.3) is 0 Å². The second kappa shape index (κ2) is 8.36. The van der Waals surface area contributed by atoms with Gasteiger partial charge >= 0.3 is 6.18 Å². The van der Waals surface area contributed by atoms with Gasteiger partial charge < -0.3 is 14.4 Å². The fourth-order valence-electron chi connectivity index (χ4n) is 2.77. The molecule has 2 aromatic rings. The third-order valence-electron chi connectivity index (χ3n) is 4.29. The van der Waals surface area contributed by atoms with Crippen molar-refractivity contribution in [2.24, 2.45) is 0 Å². The number of aromatic nitrogens is 1. The normalized spacial score (nSPS) is 17.5. The van der Waals surface area contributed by atoms with Crippen LogP contribution in [-0.4, -0.2) is 48.2 Å². The Morgan fingerprint density at radius 3 is 2.79 bits per heavy atom. The van der Waals surface area contributed by atoms with Crippen molar-refractivity contribution >= 4 is 17.5 Å². The van der Waals surface area contributed by atoms with Crippen molar-refractivity contribution in [1.29, 1.82) is 0 Å². The van der Waals surface area contributed by atoms with E-state index in [4.69, 9.17) is 21.1 Å². The summed E-state index contributed by atoms with van der Waals surface area (Å²) in [5.41, 5.74) is -0.0474. The Bertz CT molecular complexity index is 843. The van der Waals surface area contributed by atoms with Gasteiger partial charge in [0.05, 0.1) is 18.7 Å². The van der Waals surface area contributed by atoms with Crippen LogP contribution < -0.4 is 4.74 Å². The molecule has 0 radical (unpaired) electrons. The van der Waals surface area contributed by atoms with E-state index in [-0.39, 0.29) is 24.8 Å². The van der Waals surface area contributed by atoms with Crippen molar-refractivity contribution < 1.29 is 27.4 Å². The van der Waals surface area contributed by atoms with E-state index < -0.39 is 17.8 Å². The molecule has 0 bridgehead atoms. The van der Waals surface area contributed by atoms with Gasteiger partial charge in [0.15, 0.2) is 0 Å². The number of aryl methyl sites for hydroxylation is 1. The van der Waals surface area contributed by atoms with E-state index in [9.17, 15) is 18.0 Å². The zero-order valence-corrected chi connectivity index (χ0v) is 15.8. The summed E-state index contributed by atoms with van der Waals surface area (Å²) in [6, 6.07) is 7.23. The Hall–Kier alpha value is -2.32. The maximum Gasteiger partial charge on any atom is 0.433 e. The Labute approximate surface area is 165 Å². The highest BCUT2D eigenvalue weighted by Crippen LogP contribution is 2.27. The molecule has 0 spiro atoms. The average molecular weight is 415 g/mol. The van der Waals surface area contributed by atoms with E-state index in [0.29, 0.717) is 23.9 Å². The van der Waals surface area contributed by atoms with Crippen LogP contribution in [0.2, 0.25) is 5.02 Å². The van der Waals surface area contributed by atoms with Gasteiger partial charge in [0.1, 0.15) is 24.2 Å². The van der Waals surface area contributed by atoms with Crippen molar-refractivity contribution in [3.05, 3.63) is 58.4 Å². The maximum atomic E-state index is 12.6. The minimum absolute atomic E-state index is 0.0999. The number of benzene rings is 1. The van der Waals surface area contributed by atoms with Crippen LogP contribution in [0.5, 0.6) is 5.75 Å². The molecule has 1 aromatic carbocycles. The van der Waals surface area contributed by atoms with Crippen molar-refractivity contribution in [2.45, 2.75) is 19.2 Å². The quantitative estimate of drug-likeness (QED) is 0.759. The lowest BCUT2D eigenvalue weighted by molar-refractivity contribution is -0.141. The number of pyridine rings is 1. The molecule has 2 heterocycles. The molecule has 150 valence electrons. The standard InChI is InChI=1S/C19H18ClF3N2O3/c1-12-8-14(3-4-16(12)20)28-11-15-10-25(6-7-27-15)18(26)13-2-5-17(24-9-13)19(21,22)23/h2-5,8-9,15H,6-7,10-11H2,1H3. The van der Waals surface area contributed by atoms with Gasteiger partial charge in [-0.05, 0) is 42.8 Å². The Morgan fingerprint density at radius 2 is 2.14 bits per heavy atom. The van der Waals surface area contributed by atoms with Gasteiger partial charge in [-0.1, -0.05) is 11.6 Å². The summed E-state index contributed by atoms with van der Waals surface area (Å²) in [6.45, 7) is 3.03. The number of nitrogens with zero attached hydrogens (tertiary/aromatic N) is 2. The number of morpholine rings is 1. The molecule has 0 saturated carbocycles. The summed E-state index contributed by atoms with van der Waals surface area (Å²) < 4.78 is 49.1. The van der Waals surface area contributed by atoms with Crippen molar-refractivity contribution in [1.82, 2.24) is 9.88 Å². The summed E-state index contributed by atoms with van der Waals surface area (Å²) in [7, 11) is 0. The summed E-state index contributed by atoms with van der Waals surface area (Å²) in [6.07, 6.45) is -3.94. The molecule has 1 saturated heterocycles. The van der Waals surface area contributed by atoms with Gasteiger partial charge in [0, 0.05) is 17.8 Å². The summed E-state index contributed by atoms with van der Waals surface area (Å²) in [5.74, 6) is 0.248. The maximum absolute atomic E-state index is 12.6. The lowest BCUT2D eigenvalue weighted by atomic mass is 10.2. The number of amides is 1. The molecular formula is C19H18ClF3N2O3. The smallest absolute Gasteiger partial charge is 0.433 e. The lowest BCUT2D eigenvalue weighted by Crippen LogP contribution is -2.47. The minimum atomic E-state index is -4.54. The highest BCUT2D eigenvalue weighted by Gasteiger charge is 2.33. The third kappa shape index (κ3) is 4.94. The van der Waals surface area contributed by atoms with E-state index in [0.717, 1.165) is 23.9 Å². The highest BCUT2D eigenvalue weighted by molar-refractivity contribution is 6.31. The zero-order chi connectivity index (χ0) is 20.3. The van der Waals surface area contributed by atoms with Crippen LogP contribution in [0.1, 0.15) is 21.6 Å². The van der Waals surface area contributed by atoms with Crippen molar-refractivity contribution in [2.75, 3.05) is 26.3 Å². The SMILES string of the molecule is Cc1cc(OCC2CN(C(=O)c3ccc(C(F)(F)F)nc3)CCO2)ccc1Cl. The molecule has 5 nitrogen and oxygen atoms in total. The fourth-order valence-corrected chi connectivity index (χ4v) is 2.89. The number of carbonyl (C=O) groups is 1. The summed E-state index contributed by atoms with van der Waals surface area (Å²) >= 11 is 5.98. The van der Waals surface area contributed by atoms with Gasteiger partial charge in [0.2, 0.25) is 0 Å². The molecule has 1 aliphatic heterocycles. The zero-order valence-electron chi connectivity index (χ0n) is 15.0. The molecule has 28 heavy (non-hydrogen) atoms. The van der Waals surface area contributed by atoms with Crippen LogP contribution in [0.15, 0.2) is 36.5 Å². The highest BCUT2D eigenvalue weighted by atomic mass is 35.5. The molecule has 1 aliphatic rings. The Balaban J connectivity index is 1.59. The number of ether oxygens (including phenoxy) is 2. The number of carbonyl (C=O) groups excluding carboxylic acids is 1. The first kappa shape index (κ1) is 20.4. The van der Waals surface area contributed by atoms with Gasteiger partial charge in [-0.3, -0.25) is 9.78 Å². The molecule has 3 rings (SSSR count). The fraction of sp³-hybridized carbons (Fsp3) is 0.368. The minimum Gasteiger partial charge on any atom is -0.491 e. The Morgan fingerprint density at radius 1 is 1.36 bits per heavy atom. The first-order valence-corrected chi connectivity index (χ1v) is 8.95. The largest absolute Gasteiger partial charge is 0.491 e. The van der Waals surface area contributed by atoms with Crippen LogP contribution in [-0.2, 0) is 10.9 Å². The van der Waals surface area contributed by atoms with Crippen molar-refractivity contribution in [3.63, 3.8) is 0 Å². The molecule has 1 atom stereocenters. The molecular weight excluding hydrogens is 397 g/mol. The summed E-state index contributed by atoms with van der Waals surface area (Å²) in [5, 5.41) is 0.642. The first-order valence-electron chi connectivity index (χ1n) is 8.57. The number of hydrogen-bond donors (Lipinski definition) is 0. The van der Waals surface area contributed by atoms with Gasteiger partial charge in [-0.25, -0.2) is 0 Å². The predicted octanol–water partition coefficient (Wildman–Crippen LogP) is 3.98. The van der Waals surface area contributed by atoms with E-state index in [2.05, 4.69) is 4.98 Å². The number of hydrogen-bond acceptors (Lipinski definition) is 4. The second-order valence-electron chi connectivity index (χ2n) is 6.40. The second-order valence-corrected chi connectivity index (χ2v) is 6.80. The molecule has 9 heteroatoms. The van der Waals surface area contributed by atoms with Crippen LogP contribution >= 0.6 is 11.6 Å². The van der Waals surface area contributed by atoms with Crippen molar-refractivity contribution in [3.8, 4) is 5.75 Å². The van der Waals surface area contributed by atoms with E-state index in [1.54, 1.807) is 12.1 Å². The third-order valence-corrected chi connectivity index (χ3v) is 4.72. The topological polar surface area (TPSA) is 51.7 Å². The van der Waals surface area contributed by atoms with Gasteiger partial charge in [0.25, 0.3) is 5.91 Å². The number of rotatable bonds is 4. The Kier molecular flexibility index (Phi) is 6.10. The van der Waals surface area contributed by atoms with E-state index in [1.165, 1.54) is 4.90 Å². The molecule has 0 aliphatic carbocycles. The molecule has 1 aromatic heterocycles. The monoisotopic (exact) mass is 414 g/mol. The van der Waals surface area contributed by atoms with Crippen LogP contribution in [0, 0.1) is 6.92 Å². The molecule has 1 unspecified atom stereocenters. The summed E-state index contributed by atoms with van der Waals surface area (Å²) in [4.78, 5) is 17.4. The molecule has 1 amide bonds. The first-order chi connectivity index (χ1) is 13.2. The predicted molar refractivity (Wildman–Crippen MR) is 96.6 cm³/mol. The molecule has 1 fully saturated rings. The van der Waals surface area contributed by atoms with Gasteiger partial charge in [-0.15, -0.1) is 0 Å². The number of alkyl halides is 3. The van der Waals surface area contributed by atoms with Crippen LogP contribution in [0.3, 0.4) is 0 Å². The van der Waals surface area contributed by atoms with Gasteiger partial charge in [-0.2, -0.15) is 13.2 Å². The average Bonchev–Trinajstić information content (AvgIpc) is 2.68. The lowest BCUT2D eigenvalue weighted by Gasteiger charge is -2.32. The van der Waals surface area contributed by atoms with E-state index >= 15 is 0 Å².